The molecule has 1 aliphatic rings. The number of amides is 3. The Morgan fingerprint density at radius 3 is 2.88 bits per heavy atom. The standard InChI is InChI=1S/C10H19N3O3/c1-3-12-10(15)13-9(14)7(2)16-8-4-5-11-6-8/h7-8,11H,3-6H2,1-2H3,(H2,12,13,14,15). The van der Waals surface area contributed by atoms with Crippen LogP contribution in [0.25, 0.3) is 0 Å². The molecule has 1 fully saturated rings. The van der Waals surface area contributed by atoms with Crippen molar-refractivity contribution in [3.05, 3.63) is 0 Å². The van der Waals surface area contributed by atoms with Gasteiger partial charge in [-0.05, 0) is 26.8 Å². The van der Waals surface area contributed by atoms with Gasteiger partial charge in [-0.2, -0.15) is 0 Å². The lowest BCUT2D eigenvalue weighted by atomic mass is 10.3. The Labute approximate surface area is 95.1 Å². The van der Waals surface area contributed by atoms with E-state index in [9.17, 15) is 9.59 Å². The molecule has 16 heavy (non-hydrogen) atoms. The zero-order valence-corrected chi connectivity index (χ0v) is 9.71. The van der Waals surface area contributed by atoms with Gasteiger partial charge >= 0.3 is 6.03 Å². The maximum Gasteiger partial charge on any atom is 0.321 e. The third-order valence-electron chi connectivity index (χ3n) is 2.35. The van der Waals surface area contributed by atoms with Crippen LogP contribution in [0.2, 0.25) is 0 Å². The number of imide groups is 1. The fraction of sp³-hybridized carbons (Fsp3) is 0.800. The second-order valence-corrected chi connectivity index (χ2v) is 3.74. The number of rotatable bonds is 4. The van der Waals surface area contributed by atoms with Gasteiger partial charge in [0.15, 0.2) is 0 Å². The van der Waals surface area contributed by atoms with Gasteiger partial charge in [0.1, 0.15) is 6.10 Å². The molecule has 3 amide bonds. The molecule has 1 heterocycles. The Hall–Kier alpha value is -1.14. The summed E-state index contributed by atoms with van der Waals surface area (Å²) in [7, 11) is 0. The maximum atomic E-state index is 11.5. The van der Waals surface area contributed by atoms with E-state index in [0.29, 0.717) is 6.54 Å². The number of carbonyl (C=O) groups is 2. The highest BCUT2D eigenvalue weighted by molar-refractivity contribution is 5.96. The van der Waals surface area contributed by atoms with Crippen molar-refractivity contribution in [3.8, 4) is 0 Å². The first-order valence-corrected chi connectivity index (χ1v) is 5.58. The second kappa shape index (κ2) is 6.44. The molecule has 0 aliphatic carbocycles. The second-order valence-electron chi connectivity index (χ2n) is 3.74. The highest BCUT2D eigenvalue weighted by atomic mass is 16.5. The van der Waals surface area contributed by atoms with Crippen molar-refractivity contribution >= 4 is 11.9 Å². The minimum Gasteiger partial charge on any atom is -0.364 e. The molecule has 0 spiro atoms. The summed E-state index contributed by atoms with van der Waals surface area (Å²) in [6.45, 7) is 5.59. The first kappa shape index (κ1) is 12.9. The normalized spacial score (nSPS) is 21.5. The Balaban J connectivity index is 2.26. The maximum absolute atomic E-state index is 11.5. The SMILES string of the molecule is CCNC(=O)NC(=O)C(C)OC1CCNC1. The molecule has 6 heteroatoms. The van der Waals surface area contributed by atoms with Gasteiger partial charge < -0.3 is 15.4 Å². The molecule has 0 bridgehead atoms. The van der Waals surface area contributed by atoms with Crippen LogP contribution in [0.1, 0.15) is 20.3 Å². The average molecular weight is 229 g/mol. The van der Waals surface area contributed by atoms with Crippen molar-refractivity contribution in [2.45, 2.75) is 32.5 Å². The van der Waals surface area contributed by atoms with E-state index in [2.05, 4.69) is 16.0 Å². The van der Waals surface area contributed by atoms with Gasteiger partial charge in [-0.1, -0.05) is 0 Å². The number of carbonyl (C=O) groups excluding carboxylic acids is 2. The Morgan fingerprint density at radius 2 is 2.31 bits per heavy atom. The number of urea groups is 1. The summed E-state index contributed by atoms with van der Waals surface area (Å²) in [5, 5.41) is 7.85. The van der Waals surface area contributed by atoms with Gasteiger partial charge in [0.25, 0.3) is 5.91 Å². The topological polar surface area (TPSA) is 79.5 Å². The summed E-state index contributed by atoms with van der Waals surface area (Å²) in [6, 6.07) is -0.479. The number of hydrogen-bond acceptors (Lipinski definition) is 4. The fourth-order valence-electron chi connectivity index (χ4n) is 1.51. The van der Waals surface area contributed by atoms with Crippen LogP contribution in [0, 0.1) is 0 Å². The molecule has 1 rings (SSSR count). The van der Waals surface area contributed by atoms with E-state index in [1.54, 1.807) is 13.8 Å². The van der Waals surface area contributed by atoms with Gasteiger partial charge in [-0.15, -0.1) is 0 Å². The summed E-state index contributed by atoms with van der Waals surface area (Å²) < 4.78 is 5.50. The summed E-state index contributed by atoms with van der Waals surface area (Å²) in [6.07, 6.45) is 0.362. The van der Waals surface area contributed by atoms with Crippen molar-refractivity contribution < 1.29 is 14.3 Å². The van der Waals surface area contributed by atoms with Gasteiger partial charge in [0.2, 0.25) is 0 Å². The van der Waals surface area contributed by atoms with Crippen molar-refractivity contribution in [1.82, 2.24) is 16.0 Å². The zero-order valence-electron chi connectivity index (χ0n) is 9.71. The third kappa shape index (κ3) is 4.16. The molecule has 0 radical (unpaired) electrons. The van der Waals surface area contributed by atoms with E-state index >= 15 is 0 Å². The molecule has 3 N–H and O–H groups in total. The Bertz CT molecular complexity index is 252. The highest BCUT2D eigenvalue weighted by Gasteiger charge is 2.22. The molecule has 2 atom stereocenters. The lowest BCUT2D eigenvalue weighted by molar-refractivity contribution is -0.133. The minimum absolute atomic E-state index is 0.0648. The van der Waals surface area contributed by atoms with E-state index in [-0.39, 0.29) is 6.10 Å². The predicted octanol–water partition coefficient (Wildman–Crippen LogP) is -0.401. The predicted molar refractivity (Wildman–Crippen MR) is 59.0 cm³/mol. The first-order chi connectivity index (χ1) is 7.63. The lowest BCUT2D eigenvalue weighted by Crippen LogP contribution is -2.45. The van der Waals surface area contributed by atoms with E-state index in [1.165, 1.54) is 0 Å². The average Bonchev–Trinajstić information content (AvgIpc) is 2.70. The van der Waals surface area contributed by atoms with E-state index in [1.807, 2.05) is 0 Å². The smallest absolute Gasteiger partial charge is 0.321 e. The fourth-order valence-corrected chi connectivity index (χ4v) is 1.51. The molecule has 0 saturated carbocycles. The van der Waals surface area contributed by atoms with Crippen molar-refractivity contribution in [2.75, 3.05) is 19.6 Å². The van der Waals surface area contributed by atoms with E-state index < -0.39 is 18.0 Å². The summed E-state index contributed by atoms with van der Waals surface area (Å²) >= 11 is 0. The van der Waals surface area contributed by atoms with Crippen LogP contribution in [-0.4, -0.2) is 43.8 Å². The van der Waals surface area contributed by atoms with Crippen LogP contribution >= 0.6 is 0 Å². The molecular weight excluding hydrogens is 210 g/mol. The van der Waals surface area contributed by atoms with Crippen molar-refractivity contribution in [3.63, 3.8) is 0 Å². The largest absolute Gasteiger partial charge is 0.364 e. The summed E-state index contributed by atoms with van der Waals surface area (Å²) in [5.41, 5.74) is 0. The van der Waals surface area contributed by atoms with Gasteiger partial charge in [0, 0.05) is 13.1 Å². The van der Waals surface area contributed by atoms with Crippen LogP contribution in [0.4, 0.5) is 4.79 Å². The third-order valence-corrected chi connectivity index (χ3v) is 2.35. The van der Waals surface area contributed by atoms with Crippen LogP contribution in [0.5, 0.6) is 0 Å². The molecule has 6 nitrogen and oxygen atoms in total. The first-order valence-electron chi connectivity index (χ1n) is 5.58. The van der Waals surface area contributed by atoms with Crippen LogP contribution in [0.3, 0.4) is 0 Å². The van der Waals surface area contributed by atoms with Crippen LogP contribution < -0.4 is 16.0 Å². The van der Waals surface area contributed by atoms with Gasteiger partial charge in [-0.3, -0.25) is 10.1 Å². The molecular formula is C10H19N3O3. The Morgan fingerprint density at radius 1 is 1.56 bits per heavy atom. The number of nitrogens with one attached hydrogen (secondary N) is 3. The quantitative estimate of drug-likeness (QED) is 0.613. The van der Waals surface area contributed by atoms with Crippen molar-refractivity contribution in [2.24, 2.45) is 0 Å². The van der Waals surface area contributed by atoms with Gasteiger partial charge in [-0.25, -0.2) is 4.79 Å². The van der Waals surface area contributed by atoms with E-state index in [0.717, 1.165) is 19.5 Å². The molecule has 0 aromatic rings. The lowest BCUT2D eigenvalue weighted by Gasteiger charge is -2.17. The molecule has 1 saturated heterocycles. The molecule has 2 unspecified atom stereocenters. The molecule has 1 aliphatic heterocycles. The van der Waals surface area contributed by atoms with Crippen molar-refractivity contribution in [1.29, 1.82) is 0 Å². The number of ether oxygens (including phenoxy) is 1. The van der Waals surface area contributed by atoms with E-state index in [4.69, 9.17) is 4.74 Å². The summed E-state index contributed by atoms with van der Waals surface area (Å²) in [4.78, 5) is 22.6. The minimum atomic E-state index is -0.604. The molecule has 0 aromatic carbocycles. The highest BCUT2D eigenvalue weighted by Crippen LogP contribution is 2.06. The van der Waals surface area contributed by atoms with Gasteiger partial charge in [0.05, 0.1) is 6.10 Å². The molecule has 0 aromatic heterocycles. The van der Waals surface area contributed by atoms with Crippen LogP contribution in [-0.2, 0) is 9.53 Å². The number of hydrogen-bond donors (Lipinski definition) is 3. The monoisotopic (exact) mass is 229 g/mol. The van der Waals surface area contributed by atoms with Crippen LogP contribution in [0.15, 0.2) is 0 Å². The Kier molecular flexibility index (Phi) is 5.21. The summed E-state index contributed by atoms with van der Waals surface area (Å²) in [5.74, 6) is -0.405. The molecule has 92 valence electrons. The zero-order chi connectivity index (χ0) is 12.0.